The van der Waals surface area contributed by atoms with E-state index in [9.17, 15) is 10.2 Å². The zero-order valence-corrected chi connectivity index (χ0v) is 13.9. The summed E-state index contributed by atoms with van der Waals surface area (Å²) in [7, 11) is 0. The molecule has 1 heterocycles. The second kappa shape index (κ2) is 6.71. The van der Waals surface area contributed by atoms with Crippen LogP contribution in [0.4, 0.5) is 0 Å². The molecule has 1 aliphatic rings. The van der Waals surface area contributed by atoms with E-state index in [1.807, 2.05) is 38.1 Å². The molecular formula is C19H23NO4. The predicted octanol–water partition coefficient (Wildman–Crippen LogP) is 2.98. The van der Waals surface area contributed by atoms with Crippen LogP contribution in [0.3, 0.4) is 0 Å². The Balaban J connectivity index is 1.50. The highest BCUT2D eigenvalue weighted by molar-refractivity contribution is 5.42. The van der Waals surface area contributed by atoms with Gasteiger partial charge < -0.3 is 25.0 Å². The zero-order valence-electron chi connectivity index (χ0n) is 13.9. The lowest BCUT2D eigenvalue weighted by molar-refractivity contribution is -0.0681. The fourth-order valence-corrected chi connectivity index (χ4v) is 2.81. The zero-order chi connectivity index (χ0) is 17.2. The molecule has 0 fully saturated rings. The number of aromatic hydroxyl groups is 1. The van der Waals surface area contributed by atoms with Crippen LogP contribution in [0.2, 0.25) is 0 Å². The van der Waals surface area contributed by atoms with Gasteiger partial charge in [-0.2, -0.15) is 0 Å². The van der Waals surface area contributed by atoms with Gasteiger partial charge in [-0.05, 0) is 36.8 Å². The van der Waals surface area contributed by atoms with Gasteiger partial charge in [0.15, 0.2) is 11.5 Å². The van der Waals surface area contributed by atoms with Crippen molar-refractivity contribution in [2.24, 2.45) is 0 Å². The third-order valence-corrected chi connectivity index (χ3v) is 4.25. The summed E-state index contributed by atoms with van der Waals surface area (Å²) in [5.41, 5.74) is 0.764. The second-order valence-electron chi connectivity index (χ2n) is 6.31. The van der Waals surface area contributed by atoms with Gasteiger partial charge in [0.05, 0.1) is 6.10 Å². The Morgan fingerprint density at radius 2 is 1.62 bits per heavy atom. The largest absolute Gasteiger partial charge is 0.508 e. The quantitative estimate of drug-likeness (QED) is 0.760. The van der Waals surface area contributed by atoms with Gasteiger partial charge in [-0.1, -0.05) is 24.3 Å². The number of hydrogen-bond donors (Lipinski definition) is 3. The van der Waals surface area contributed by atoms with Gasteiger partial charge in [0, 0.05) is 25.9 Å². The van der Waals surface area contributed by atoms with Gasteiger partial charge in [0.2, 0.25) is 5.79 Å². The molecule has 0 bridgehead atoms. The van der Waals surface area contributed by atoms with E-state index in [1.165, 1.54) is 0 Å². The van der Waals surface area contributed by atoms with E-state index in [2.05, 4.69) is 5.32 Å². The maximum absolute atomic E-state index is 10.4. The summed E-state index contributed by atoms with van der Waals surface area (Å²) in [5.74, 6) is 1.02. The van der Waals surface area contributed by atoms with Crippen LogP contribution in [0.15, 0.2) is 48.5 Å². The first-order valence-electron chi connectivity index (χ1n) is 8.14. The molecule has 0 spiro atoms. The number of aliphatic hydroxyl groups is 1. The molecule has 2 atom stereocenters. The van der Waals surface area contributed by atoms with Gasteiger partial charge in [0.25, 0.3) is 0 Å². The highest BCUT2D eigenvalue weighted by Gasteiger charge is 2.36. The van der Waals surface area contributed by atoms with Gasteiger partial charge in [-0.3, -0.25) is 0 Å². The average molecular weight is 329 g/mol. The number of aliphatic hydroxyl groups excluding tert-OH is 1. The standard InChI is InChI=1S/C19H23NO4/c1-13(18(22)14-7-9-15(21)10-8-14)20-12-11-19(2)23-16-5-3-4-6-17(16)24-19/h3-10,13,18,20-22H,11-12H2,1-2H3. The lowest BCUT2D eigenvalue weighted by Crippen LogP contribution is -2.41. The third-order valence-electron chi connectivity index (χ3n) is 4.25. The maximum atomic E-state index is 10.4. The van der Waals surface area contributed by atoms with Crippen molar-refractivity contribution in [1.82, 2.24) is 5.32 Å². The summed E-state index contributed by atoms with van der Waals surface area (Å²) in [4.78, 5) is 0. The Kier molecular flexibility index (Phi) is 4.64. The molecule has 1 aliphatic heterocycles. The van der Waals surface area contributed by atoms with E-state index in [1.54, 1.807) is 24.3 Å². The SMILES string of the molecule is CC(NCCC1(C)Oc2ccccc2O1)C(O)c1ccc(O)cc1. The van der Waals surface area contributed by atoms with Crippen LogP contribution in [0, 0.1) is 0 Å². The molecule has 5 nitrogen and oxygen atoms in total. The summed E-state index contributed by atoms with van der Waals surface area (Å²) >= 11 is 0. The molecule has 2 aromatic rings. The Morgan fingerprint density at radius 3 is 2.21 bits per heavy atom. The monoisotopic (exact) mass is 329 g/mol. The minimum absolute atomic E-state index is 0.137. The summed E-state index contributed by atoms with van der Waals surface area (Å²) < 4.78 is 11.8. The Hall–Kier alpha value is -2.24. The minimum atomic E-state index is -0.695. The van der Waals surface area contributed by atoms with E-state index in [0.717, 1.165) is 17.1 Å². The van der Waals surface area contributed by atoms with E-state index in [0.29, 0.717) is 13.0 Å². The summed E-state index contributed by atoms with van der Waals surface area (Å²) in [6.45, 7) is 4.47. The first-order chi connectivity index (χ1) is 11.5. The van der Waals surface area contributed by atoms with Crippen molar-refractivity contribution < 1.29 is 19.7 Å². The van der Waals surface area contributed by atoms with E-state index in [-0.39, 0.29) is 11.8 Å². The van der Waals surface area contributed by atoms with Crippen molar-refractivity contribution in [3.05, 3.63) is 54.1 Å². The molecule has 5 heteroatoms. The van der Waals surface area contributed by atoms with Crippen LogP contribution in [-0.4, -0.2) is 28.6 Å². The molecule has 24 heavy (non-hydrogen) atoms. The second-order valence-corrected chi connectivity index (χ2v) is 6.31. The van der Waals surface area contributed by atoms with Crippen molar-refractivity contribution in [3.8, 4) is 17.2 Å². The van der Waals surface area contributed by atoms with Gasteiger partial charge >= 0.3 is 0 Å². The number of fused-ring (bicyclic) bond motifs is 1. The minimum Gasteiger partial charge on any atom is -0.508 e. The average Bonchev–Trinajstić information content (AvgIpc) is 2.91. The molecular weight excluding hydrogens is 306 g/mol. The number of benzene rings is 2. The maximum Gasteiger partial charge on any atom is 0.250 e. The van der Waals surface area contributed by atoms with E-state index in [4.69, 9.17) is 9.47 Å². The summed E-state index contributed by atoms with van der Waals surface area (Å²) in [6.07, 6.45) is -0.00469. The molecule has 0 aliphatic carbocycles. The van der Waals surface area contributed by atoms with Crippen LogP contribution in [0.5, 0.6) is 17.2 Å². The van der Waals surface area contributed by atoms with Crippen molar-refractivity contribution >= 4 is 0 Å². The Bertz CT molecular complexity index is 661. The van der Waals surface area contributed by atoms with Crippen LogP contribution < -0.4 is 14.8 Å². The smallest absolute Gasteiger partial charge is 0.250 e. The first kappa shape index (κ1) is 16.6. The molecule has 3 N–H and O–H groups in total. The number of nitrogens with one attached hydrogen (secondary N) is 1. The number of phenols is 1. The molecule has 3 rings (SSSR count). The van der Waals surface area contributed by atoms with Crippen molar-refractivity contribution in [1.29, 1.82) is 0 Å². The lowest BCUT2D eigenvalue weighted by Gasteiger charge is -2.26. The Labute approximate surface area is 141 Å². The van der Waals surface area contributed by atoms with E-state index < -0.39 is 11.9 Å². The van der Waals surface area contributed by atoms with Crippen LogP contribution in [0.1, 0.15) is 31.9 Å². The molecule has 0 saturated carbocycles. The number of rotatable bonds is 6. The van der Waals surface area contributed by atoms with E-state index >= 15 is 0 Å². The van der Waals surface area contributed by atoms with Crippen LogP contribution in [-0.2, 0) is 0 Å². The van der Waals surface area contributed by atoms with Gasteiger partial charge in [-0.25, -0.2) is 0 Å². The lowest BCUT2D eigenvalue weighted by atomic mass is 10.0. The number of ether oxygens (including phenoxy) is 2. The number of hydrogen-bond acceptors (Lipinski definition) is 5. The molecule has 2 unspecified atom stereocenters. The molecule has 0 saturated heterocycles. The number of para-hydroxylation sites is 2. The topological polar surface area (TPSA) is 71.0 Å². The van der Waals surface area contributed by atoms with Crippen molar-refractivity contribution in [2.75, 3.05) is 6.54 Å². The fourth-order valence-electron chi connectivity index (χ4n) is 2.81. The molecule has 0 aromatic heterocycles. The Morgan fingerprint density at radius 1 is 1.04 bits per heavy atom. The highest BCUT2D eigenvalue weighted by Crippen LogP contribution is 2.40. The highest BCUT2D eigenvalue weighted by atomic mass is 16.7. The molecule has 2 aromatic carbocycles. The molecule has 128 valence electrons. The predicted molar refractivity (Wildman–Crippen MR) is 91.3 cm³/mol. The summed E-state index contributed by atoms with van der Waals surface area (Å²) in [6, 6.07) is 14.1. The molecule has 0 amide bonds. The first-order valence-corrected chi connectivity index (χ1v) is 8.14. The number of phenolic OH excluding ortho intramolecular Hbond substituents is 1. The molecule has 0 radical (unpaired) electrons. The van der Waals surface area contributed by atoms with Crippen LogP contribution in [0.25, 0.3) is 0 Å². The van der Waals surface area contributed by atoms with Gasteiger partial charge in [-0.15, -0.1) is 0 Å². The van der Waals surface area contributed by atoms with Crippen molar-refractivity contribution in [2.45, 2.75) is 38.2 Å². The van der Waals surface area contributed by atoms with Gasteiger partial charge in [0.1, 0.15) is 5.75 Å². The summed E-state index contributed by atoms with van der Waals surface area (Å²) in [5, 5.41) is 23.0. The third kappa shape index (κ3) is 3.63. The van der Waals surface area contributed by atoms with Crippen molar-refractivity contribution in [3.63, 3.8) is 0 Å². The fraction of sp³-hybridized carbons (Fsp3) is 0.368. The normalized spacial score (nSPS) is 17.5. The van der Waals surface area contributed by atoms with Crippen LogP contribution >= 0.6 is 0 Å².